The minimum atomic E-state index is -0.240. The number of hydrogen-bond acceptors (Lipinski definition) is 6. The predicted octanol–water partition coefficient (Wildman–Crippen LogP) is 2.51. The van der Waals surface area contributed by atoms with E-state index in [0.717, 1.165) is 17.7 Å². The van der Waals surface area contributed by atoms with Gasteiger partial charge < -0.3 is 19.7 Å². The summed E-state index contributed by atoms with van der Waals surface area (Å²) in [7, 11) is 0. The Morgan fingerprint density at radius 1 is 1.30 bits per heavy atom. The van der Waals surface area contributed by atoms with Crippen molar-refractivity contribution in [1.82, 2.24) is 10.1 Å². The van der Waals surface area contributed by atoms with Crippen LogP contribution in [-0.2, 0) is 0 Å². The van der Waals surface area contributed by atoms with Crippen LogP contribution in [0, 0.1) is 5.92 Å². The van der Waals surface area contributed by atoms with Crippen molar-refractivity contribution in [2.45, 2.75) is 26.3 Å². The van der Waals surface area contributed by atoms with Gasteiger partial charge in [0.05, 0.1) is 6.04 Å². The van der Waals surface area contributed by atoms with E-state index >= 15 is 0 Å². The number of hydrogen-bond donors (Lipinski definition) is 1. The van der Waals surface area contributed by atoms with Gasteiger partial charge in [-0.15, -0.1) is 0 Å². The Morgan fingerprint density at radius 3 is 2.90 bits per heavy atom. The van der Waals surface area contributed by atoms with E-state index in [1.165, 1.54) is 0 Å². The molecule has 0 spiro atoms. The van der Waals surface area contributed by atoms with Crippen molar-refractivity contribution < 1.29 is 14.0 Å². The molecule has 3 rings (SSSR count). The zero-order valence-corrected chi connectivity index (χ0v) is 11.5. The summed E-state index contributed by atoms with van der Waals surface area (Å²) in [5.41, 5.74) is 6.91. The molecule has 106 valence electrons. The van der Waals surface area contributed by atoms with Crippen LogP contribution in [0.2, 0.25) is 0 Å². The van der Waals surface area contributed by atoms with Gasteiger partial charge in [-0.3, -0.25) is 0 Å². The summed E-state index contributed by atoms with van der Waals surface area (Å²) in [6.45, 7) is 4.39. The van der Waals surface area contributed by atoms with Crippen LogP contribution in [0.5, 0.6) is 11.5 Å². The molecule has 1 aliphatic rings. The molecule has 6 nitrogen and oxygen atoms in total. The summed E-state index contributed by atoms with van der Waals surface area (Å²) in [4.78, 5) is 4.38. The Balaban J connectivity index is 1.86. The van der Waals surface area contributed by atoms with Crippen LogP contribution in [0.4, 0.5) is 0 Å². The summed E-state index contributed by atoms with van der Waals surface area (Å²) in [5, 5.41) is 3.99. The highest BCUT2D eigenvalue weighted by Gasteiger charge is 2.21. The van der Waals surface area contributed by atoms with Gasteiger partial charge in [-0.1, -0.05) is 25.4 Å². The van der Waals surface area contributed by atoms with E-state index in [4.69, 9.17) is 19.7 Å². The Labute approximate surface area is 116 Å². The fraction of sp³-hybridized carbons (Fsp3) is 0.429. The summed E-state index contributed by atoms with van der Waals surface area (Å²) in [6.07, 6.45) is 0.961. The molecule has 1 aliphatic heterocycles. The molecular weight excluding hydrogens is 258 g/mol. The molecule has 0 bridgehead atoms. The quantitative estimate of drug-likeness (QED) is 0.923. The topological polar surface area (TPSA) is 83.4 Å². The first-order chi connectivity index (χ1) is 9.69. The van der Waals surface area contributed by atoms with Crippen LogP contribution in [0.1, 0.15) is 32.2 Å². The van der Waals surface area contributed by atoms with Gasteiger partial charge in [0.1, 0.15) is 0 Å². The van der Waals surface area contributed by atoms with E-state index in [0.29, 0.717) is 23.4 Å². The summed E-state index contributed by atoms with van der Waals surface area (Å²) in [5.74, 6) is 2.69. The number of aromatic nitrogens is 2. The highest BCUT2D eigenvalue weighted by molar-refractivity contribution is 5.61. The molecule has 2 heterocycles. The second-order valence-electron chi connectivity index (χ2n) is 4.94. The van der Waals surface area contributed by atoms with Gasteiger partial charge in [0, 0.05) is 5.56 Å². The van der Waals surface area contributed by atoms with E-state index in [-0.39, 0.29) is 12.8 Å². The number of fused-ring (bicyclic) bond motifs is 1. The van der Waals surface area contributed by atoms with Crippen molar-refractivity contribution >= 4 is 0 Å². The van der Waals surface area contributed by atoms with Crippen LogP contribution in [0.15, 0.2) is 22.7 Å². The maximum Gasteiger partial charge on any atom is 0.244 e. The van der Waals surface area contributed by atoms with Gasteiger partial charge in [-0.05, 0) is 24.1 Å². The third-order valence-electron chi connectivity index (χ3n) is 3.61. The molecule has 0 radical (unpaired) electrons. The Morgan fingerprint density at radius 2 is 2.10 bits per heavy atom. The molecule has 20 heavy (non-hydrogen) atoms. The summed E-state index contributed by atoms with van der Waals surface area (Å²) in [6, 6.07) is 5.31. The molecule has 2 aromatic rings. The predicted molar refractivity (Wildman–Crippen MR) is 72.2 cm³/mol. The van der Waals surface area contributed by atoms with Crippen molar-refractivity contribution in [3.05, 3.63) is 24.1 Å². The second kappa shape index (κ2) is 5.13. The second-order valence-corrected chi connectivity index (χ2v) is 4.94. The third kappa shape index (κ3) is 2.22. The average Bonchev–Trinajstić information content (AvgIpc) is 3.13. The molecule has 0 saturated heterocycles. The summed E-state index contributed by atoms with van der Waals surface area (Å²) < 4.78 is 15.9. The van der Waals surface area contributed by atoms with E-state index in [1.54, 1.807) is 0 Å². The van der Waals surface area contributed by atoms with Crippen LogP contribution in [0.25, 0.3) is 11.4 Å². The molecule has 0 fully saturated rings. The van der Waals surface area contributed by atoms with Crippen molar-refractivity contribution in [3.8, 4) is 22.9 Å². The highest BCUT2D eigenvalue weighted by Crippen LogP contribution is 2.35. The standard InChI is InChI=1S/C14H17N3O3/c1-3-8(2)12(15)14-16-13(17-20-14)9-4-5-10-11(6-9)19-7-18-10/h4-6,8,12H,3,7,15H2,1-2H3/t8-,12+/m1/s1. The molecule has 0 amide bonds. The Bertz CT molecular complexity index is 611. The Hall–Kier alpha value is -2.08. The monoisotopic (exact) mass is 275 g/mol. The molecule has 2 atom stereocenters. The zero-order valence-electron chi connectivity index (χ0n) is 11.5. The van der Waals surface area contributed by atoms with E-state index in [1.807, 2.05) is 18.2 Å². The van der Waals surface area contributed by atoms with E-state index < -0.39 is 0 Å². The van der Waals surface area contributed by atoms with Gasteiger partial charge >= 0.3 is 0 Å². The van der Waals surface area contributed by atoms with Gasteiger partial charge in [0.25, 0.3) is 0 Å². The fourth-order valence-corrected chi connectivity index (χ4v) is 2.02. The maximum atomic E-state index is 6.09. The first-order valence-corrected chi connectivity index (χ1v) is 6.68. The molecule has 1 aromatic carbocycles. The molecule has 0 unspecified atom stereocenters. The molecule has 0 saturated carbocycles. The zero-order chi connectivity index (χ0) is 14.1. The number of rotatable bonds is 4. The van der Waals surface area contributed by atoms with Crippen LogP contribution in [-0.4, -0.2) is 16.9 Å². The number of nitrogens with zero attached hydrogens (tertiary/aromatic N) is 2. The SMILES string of the molecule is CC[C@@H](C)[C@H](N)c1nc(-c2ccc3c(c2)OCO3)no1. The molecule has 1 aromatic heterocycles. The van der Waals surface area contributed by atoms with Crippen molar-refractivity contribution in [3.63, 3.8) is 0 Å². The highest BCUT2D eigenvalue weighted by atomic mass is 16.7. The first-order valence-electron chi connectivity index (χ1n) is 6.68. The van der Waals surface area contributed by atoms with Crippen molar-refractivity contribution in [2.24, 2.45) is 11.7 Å². The lowest BCUT2D eigenvalue weighted by Crippen LogP contribution is -2.18. The summed E-state index contributed by atoms with van der Waals surface area (Å²) >= 11 is 0. The number of benzene rings is 1. The minimum absolute atomic E-state index is 0.240. The van der Waals surface area contributed by atoms with Crippen LogP contribution >= 0.6 is 0 Å². The van der Waals surface area contributed by atoms with Gasteiger partial charge in [0.2, 0.25) is 18.5 Å². The molecule has 2 N–H and O–H groups in total. The Kier molecular flexibility index (Phi) is 3.31. The fourth-order valence-electron chi connectivity index (χ4n) is 2.02. The largest absolute Gasteiger partial charge is 0.454 e. The van der Waals surface area contributed by atoms with Crippen LogP contribution in [0.3, 0.4) is 0 Å². The molecule has 6 heteroatoms. The molecule has 0 aliphatic carbocycles. The van der Waals surface area contributed by atoms with Crippen LogP contribution < -0.4 is 15.2 Å². The first kappa shape index (κ1) is 12.9. The van der Waals surface area contributed by atoms with Gasteiger partial charge in [-0.2, -0.15) is 4.98 Å². The normalized spacial score (nSPS) is 16.1. The van der Waals surface area contributed by atoms with E-state index in [9.17, 15) is 0 Å². The van der Waals surface area contributed by atoms with E-state index in [2.05, 4.69) is 24.0 Å². The number of nitrogens with two attached hydrogens (primary N) is 1. The maximum absolute atomic E-state index is 6.09. The lowest BCUT2D eigenvalue weighted by Gasteiger charge is -2.12. The van der Waals surface area contributed by atoms with Crippen molar-refractivity contribution in [2.75, 3.05) is 6.79 Å². The van der Waals surface area contributed by atoms with Gasteiger partial charge in [0.15, 0.2) is 11.5 Å². The van der Waals surface area contributed by atoms with Crippen molar-refractivity contribution in [1.29, 1.82) is 0 Å². The molecular formula is C14H17N3O3. The average molecular weight is 275 g/mol. The minimum Gasteiger partial charge on any atom is -0.454 e. The number of ether oxygens (including phenoxy) is 2. The smallest absolute Gasteiger partial charge is 0.244 e. The third-order valence-corrected chi connectivity index (χ3v) is 3.61. The lowest BCUT2D eigenvalue weighted by molar-refractivity contribution is 0.174. The van der Waals surface area contributed by atoms with Gasteiger partial charge in [-0.25, -0.2) is 0 Å². The lowest BCUT2D eigenvalue weighted by atomic mass is 10.0.